The number of hydrogen-bond acceptors (Lipinski definition) is 6. The van der Waals surface area contributed by atoms with Crippen LogP contribution in [0.1, 0.15) is 35.0 Å². The van der Waals surface area contributed by atoms with Crippen LogP contribution in [-0.2, 0) is 33.8 Å². The number of amides is 1. The van der Waals surface area contributed by atoms with E-state index in [1.165, 1.54) is 22.9 Å². The van der Waals surface area contributed by atoms with Crippen LogP contribution in [0.2, 0.25) is 0 Å². The largest absolute Gasteiger partial charge is 0.466 e. The fourth-order valence-electron chi connectivity index (χ4n) is 3.43. The first-order chi connectivity index (χ1) is 15.9. The summed E-state index contributed by atoms with van der Waals surface area (Å²) in [6, 6.07) is 16.1. The molecule has 0 unspecified atom stereocenters. The number of esters is 1. The number of thioether (sulfide) groups is 1. The Morgan fingerprint density at radius 1 is 1.09 bits per heavy atom. The van der Waals surface area contributed by atoms with E-state index >= 15 is 0 Å². The molecular formula is C25H30N4O3S. The smallest absolute Gasteiger partial charge is 0.313 e. The Morgan fingerprint density at radius 3 is 2.55 bits per heavy atom. The number of ether oxygens (including phenoxy) is 1. The van der Waals surface area contributed by atoms with Crippen molar-refractivity contribution < 1.29 is 14.3 Å². The number of nitrogens with zero attached hydrogens (tertiary/aromatic N) is 4. The predicted octanol–water partition coefficient (Wildman–Crippen LogP) is 3.80. The van der Waals surface area contributed by atoms with E-state index in [2.05, 4.69) is 42.2 Å². The lowest BCUT2D eigenvalue weighted by atomic mass is 10.1. The number of aromatic nitrogens is 3. The van der Waals surface area contributed by atoms with Crippen LogP contribution in [0.25, 0.3) is 0 Å². The summed E-state index contributed by atoms with van der Waals surface area (Å²) in [4.78, 5) is 26.6. The van der Waals surface area contributed by atoms with Gasteiger partial charge in [0.05, 0.1) is 18.9 Å². The minimum absolute atomic E-state index is 0.00109. The maximum atomic E-state index is 12.8. The SMILES string of the molecule is CCOC(=O)Cc1nnc(SCC(=O)N(C)Cc2ccc(C)cc2C)n1Cc1ccccc1. The average Bonchev–Trinajstić information content (AvgIpc) is 3.15. The molecule has 7 nitrogen and oxygen atoms in total. The van der Waals surface area contributed by atoms with Gasteiger partial charge in [0.2, 0.25) is 5.91 Å². The zero-order chi connectivity index (χ0) is 23.8. The van der Waals surface area contributed by atoms with Crippen molar-refractivity contribution in [3.63, 3.8) is 0 Å². The van der Waals surface area contributed by atoms with Crippen LogP contribution in [0.3, 0.4) is 0 Å². The maximum Gasteiger partial charge on any atom is 0.313 e. The molecule has 0 atom stereocenters. The van der Waals surface area contributed by atoms with Gasteiger partial charge in [-0.05, 0) is 37.5 Å². The van der Waals surface area contributed by atoms with E-state index in [-0.39, 0.29) is 24.1 Å². The van der Waals surface area contributed by atoms with Gasteiger partial charge < -0.3 is 14.2 Å². The summed E-state index contributed by atoms with van der Waals surface area (Å²) in [6.45, 7) is 7.27. The van der Waals surface area contributed by atoms with Crippen molar-refractivity contribution >= 4 is 23.6 Å². The molecule has 3 aromatic rings. The zero-order valence-corrected chi connectivity index (χ0v) is 20.4. The third-order valence-corrected chi connectivity index (χ3v) is 6.19. The molecule has 1 heterocycles. The average molecular weight is 467 g/mol. The van der Waals surface area contributed by atoms with Crippen LogP contribution in [0, 0.1) is 13.8 Å². The first-order valence-corrected chi connectivity index (χ1v) is 11.9. The van der Waals surface area contributed by atoms with Crippen molar-refractivity contribution in [3.8, 4) is 0 Å². The summed E-state index contributed by atoms with van der Waals surface area (Å²) >= 11 is 1.33. The molecule has 1 aromatic heterocycles. The van der Waals surface area contributed by atoms with Crippen molar-refractivity contribution in [2.75, 3.05) is 19.4 Å². The molecule has 0 aliphatic heterocycles. The highest BCUT2D eigenvalue weighted by molar-refractivity contribution is 7.99. The van der Waals surface area contributed by atoms with Gasteiger partial charge in [-0.1, -0.05) is 65.9 Å². The highest BCUT2D eigenvalue weighted by Crippen LogP contribution is 2.21. The number of rotatable bonds is 10. The minimum Gasteiger partial charge on any atom is -0.466 e. The second-order valence-electron chi connectivity index (χ2n) is 7.92. The third kappa shape index (κ3) is 6.92. The van der Waals surface area contributed by atoms with Crippen molar-refractivity contribution in [1.29, 1.82) is 0 Å². The summed E-state index contributed by atoms with van der Waals surface area (Å²) in [5.74, 6) is 0.408. The Balaban J connectivity index is 1.70. The predicted molar refractivity (Wildman–Crippen MR) is 129 cm³/mol. The molecule has 1 amide bonds. The number of aryl methyl sites for hydroxylation is 2. The molecule has 33 heavy (non-hydrogen) atoms. The maximum absolute atomic E-state index is 12.8. The van der Waals surface area contributed by atoms with E-state index in [9.17, 15) is 9.59 Å². The Bertz CT molecular complexity index is 1100. The van der Waals surface area contributed by atoms with Gasteiger partial charge >= 0.3 is 5.97 Å². The molecular weight excluding hydrogens is 436 g/mol. The second-order valence-corrected chi connectivity index (χ2v) is 8.86. The Hall–Kier alpha value is -3.13. The molecule has 0 aliphatic carbocycles. The summed E-state index contributed by atoms with van der Waals surface area (Å²) in [5, 5.41) is 9.08. The lowest BCUT2D eigenvalue weighted by molar-refractivity contribution is -0.142. The van der Waals surface area contributed by atoms with Gasteiger partial charge in [0.25, 0.3) is 0 Å². The first-order valence-electron chi connectivity index (χ1n) is 10.9. The van der Waals surface area contributed by atoms with Crippen molar-refractivity contribution in [3.05, 3.63) is 76.6 Å². The molecule has 2 aromatic carbocycles. The molecule has 0 bridgehead atoms. The number of carbonyl (C=O) groups excluding carboxylic acids is 2. The van der Waals surface area contributed by atoms with Crippen molar-refractivity contribution in [2.24, 2.45) is 0 Å². The molecule has 0 saturated carbocycles. The molecule has 3 rings (SSSR count). The molecule has 0 fully saturated rings. The molecule has 0 aliphatic rings. The number of hydrogen-bond donors (Lipinski definition) is 0. The van der Waals surface area contributed by atoms with Crippen LogP contribution in [0.15, 0.2) is 53.7 Å². The zero-order valence-electron chi connectivity index (χ0n) is 19.6. The van der Waals surface area contributed by atoms with E-state index in [0.29, 0.717) is 30.7 Å². The summed E-state index contributed by atoms with van der Waals surface area (Å²) in [5.41, 5.74) is 4.57. The number of benzene rings is 2. The van der Waals surface area contributed by atoms with Crippen molar-refractivity contribution in [1.82, 2.24) is 19.7 Å². The Kier molecular flexibility index (Phi) is 8.65. The highest BCUT2D eigenvalue weighted by atomic mass is 32.2. The lowest BCUT2D eigenvalue weighted by Gasteiger charge is -2.19. The van der Waals surface area contributed by atoms with E-state index in [1.54, 1.807) is 11.8 Å². The van der Waals surface area contributed by atoms with Crippen LogP contribution in [-0.4, -0.2) is 50.9 Å². The second kappa shape index (κ2) is 11.7. The van der Waals surface area contributed by atoms with Gasteiger partial charge in [0, 0.05) is 13.6 Å². The fraction of sp³-hybridized carbons (Fsp3) is 0.360. The van der Waals surface area contributed by atoms with E-state index < -0.39 is 0 Å². The van der Waals surface area contributed by atoms with E-state index in [4.69, 9.17) is 4.74 Å². The summed E-state index contributed by atoms with van der Waals surface area (Å²) in [6.07, 6.45) is 0.0365. The molecule has 0 radical (unpaired) electrons. The standard InChI is InChI=1S/C25H30N4O3S/c1-5-32-24(31)14-22-26-27-25(29(22)15-20-9-7-6-8-10-20)33-17-23(30)28(4)16-21-12-11-18(2)13-19(21)3/h6-13H,5,14-17H2,1-4H3. The van der Waals surface area contributed by atoms with Crippen LogP contribution in [0.5, 0.6) is 0 Å². The quantitative estimate of drug-likeness (QED) is 0.334. The van der Waals surface area contributed by atoms with Gasteiger partial charge in [-0.3, -0.25) is 9.59 Å². The monoisotopic (exact) mass is 466 g/mol. The minimum atomic E-state index is -0.347. The molecule has 0 N–H and O–H groups in total. The first kappa shape index (κ1) is 24.5. The van der Waals surface area contributed by atoms with Gasteiger partial charge in [0.1, 0.15) is 12.2 Å². The fourth-order valence-corrected chi connectivity index (χ4v) is 4.32. The van der Waals surface area contributed by atoms with E-state index in [0.717, 1.165) is 11.1 Å². The normalized spacial score (nSPS) is 10.8. The molecule has 8 heteroatoms. The Morgan fingerprint density at radius 2 is 1.85 bits per heavy atom. The Labute approximate surface area is 199 Å². The van der Waals surface area contributed by atoms with Crippen LogP contribution in [0.4, 0.5) is 0 Å². The lowest BCUT2D eigenvalue weighted by Crippen LogP contribution is -2.28. The molecule has 0 spiro atoms. The van der Waals surface area contributed by atoms with Gasteiger partial charge in [-0.25, -0.2) is 0 Å². The van der Waals surface area contributed by atoms with Crippen molar-refractivity contribution in [2.45, 2.75) is 45.4 Å². The topological polar surface area (TPSA) is 77.3 Å². The van der Waals surface area contributed by atoms with Gasteiger partial charge in [-0.15, -0.1) is 10.2 Å². The summed E-state index contributed by atoms with van der Waals surface area (Å²) in [7, 11) is 1.81. The molecule has 174 valence electrons. The molecule has 0 saturated heterocycles. The summed E-state index contributed by atoms with van der Waals surface area (Å²) < 4.78 is 6.96. The van der Waals surface area contributed by atoms with Gasteiger partial charge in [0.15, 0.2) is 5.16 Å². The third-order valence-electron chi connectivity index (χ3n) is 5.24. The van der Waals surface area contributed by atoms with E-state index in [1.807, 2.05) is 41.9 Å². The number of carbonyl (C=O) groups is 2. The van der Waals surface area contributed by atoms with Crippen LogP contribution < -0.4 is 0 Å². The van der Waals surface area contributed by atoms with Crippen LogP contribution >= 0.6 is 11.8 Å². The van der Waals surface area contributed by atoms with Gasteiger partial charge in [-0.2, -0.15) is 0 Å². The highest BCUT2D eigenvalue weighted by Gasteiger charge is 2.19.